The van der Waals surface area contributed by atoms with Gasteiger partial charge in [-0.2, -0.15) is 0 Å². The lowest BCUT2D eigenvalue weighted by atomic mass is 10.0. The van der Waals surface area contributed by atoms with E-state index in [1.54, 1.807) is 0 Å². The van der Waals surface area contributed by atoms with Gasteiger partial charge < -0.3 is 10.4 Å². The lowest BCUT2D eigenvalue weighted by molar-refractivity contribution is 0.255. The van der Waals surface area contributed by atoms with Crippen molar-refractivity contribution in [2.75, 3.05) is 18.5 Å². The average Bonchev–Trinajstić information content (AvgIpc) is 2.31. The summed E-state index contributed by atoms with van der Waals surface area (Å²) in [6.07, 6.45) is 4.94. The predicted octanol–water partition coefficient (Wildman–Crippen LogP) is 3.36. The molecule has 3 nitrogen and oxygen atoms in total. The molecule has 2 N–H and O–H groups in total. The fourth-order valence-corrected chi connectivity index (χ4v) is 2.22. The Balaban J connectivity index is 2.55. The fourth-order valence-electron chi connectivity index (χ4n) is 1.84. The van der Waals surface area contributed by atoms with Crippen molar-refractivity contribution in [3.8, 4) is 0 Å². The van der Waals surface area contributed by atoms with Crippen LogP contribution in [-0.4, -0.2) is 23.2 Å². The molecule has 0 aromatic carbocycles. The van der Waals surface area contributed by atoms with Gasteiger partial charge in [0.1, 0.15) is 5.82 Å². The quantitative estimate of drug-likeness (QED) is 0.811. The number of nitrogens with zero attached hydrogens (tertiary/aromatic N) is 1. The van der Waals surface area contributed by atoms with E-state index in [1.807, 2.05) is 19.2 Å². The molecule has 0 radical (unpaired) electrons. The summed E-state index contributed by atoms with van der Waals surface area (Å²) in [5, 5.41) is 12.4. The van der Waals surface area contributed by atoms with Gasteiger partial charge in [-0.3, -0.25) is 0 Å². The van der Waals surface area contributed by atoms with Crippen LogP contribution in [0.25, 0.3) is 0 Å². The van der Waals surface area contributed by atoms with Crippen molar-refractivity contribution >= 4 is 21.7 Å². The van der Waals surface area contributed by atoms with Gasteiger partial charge in [0.25, 0.3) is 0 Å². The SMILES string of the molecule is CCCC(CCO)CNc1nccc(C)c1Br. The van der Waals surface area contributed by atoms with Crippen LogP contribution in [0.15, 0.2) is 16.7 Å². The Hall–Kier alpha value is -0.610. The standard InChI is InChI=1S/C13H21BrN2O/c1-3-4-11(6-8-17)9-16-13-12(14)10(2)5-7-15-13/h5,7,11,17H,3-4,6,8-9H2,1-2H3,(H,15,16). The van der Waals surface area contributed by atoms with Gasteiger partial charge in [0, 0.05) is 19.3 Å². The normalized spacial score (nSPS) is 12.5. The zero-order chi connectivity index (χ0) is 12.7. The minimum atomic E-state index is 0.259. The van der Waals surface area contributed by atoms with Crippen LogP contribution in [0.1, 0.15) is 31.7 Å². The topological polar surface area (TPSA) is 45.1 Å². The highest BCUT2D eigenvalue weighted by molar-refractivity contribution is 9.10. The number of pyridine rings is 1. The second-order valence-electron chi connectivity index (χ2n) is 4.34. The summed E-state index contributed by atoms with van der Waals surface area (Å²) in [6.45, 7) is 5.34. The summed E-state index contributed by atoms with van der Waals surface area (Å²) >= 11 is 3.53. The number of aromatic nitrogens is 1. The Bertz CT molecular complexity index is 338. The number of aryl methyl sites for hydroxylation is 1. The van der Waals surface area contributed by atoms with Gasteiger partial charge >= 0.3 is 0 Å². The van der Waals surface area contributed by atoms with Crippen LogP contribution in [0.3, 0.4) is 0 Å². The molecule has 0 saturated carbocycles. The maximum absolute atomic E-state index is 9.01. The van der Waals surface area contributed by atoms with Crippen molar-refractivity contribution in [1.82, 2.24) is 4.98 Å². The lowest BCUT2D eigenvalue weighted by Gasteiger charge is -2.17. The lowest BCUT2D eigenvalue weighted by Crippen LogP contribution is -2.16. The Morgan fingerprint density at radius 3 is 2.88 bits per heavy atom. The van der Waals surface area contributed by atoms with Crippen LogP contribution in [0, 0.1) is 12.8 Å². The fraction of sp³-hybridized carbons (Fsp3) is 0.615. The number of hydrogen-bond donors (Lipinski definition) is 2. The molecule has 0 fully saturated rings. The molecular formula is C13H21BrN2O. The van der Waals surface area contributed by atoms with E-state index in [0.29, 0.717) is 5.92 Å². The van der Waals surface area contributed by atoms with Gasteiger partial charge in [0.2, 0.25) is 0 Å². The molecule has 4 heteroatoms. The van der Waals surface area contributed by atoms with Crippen molar-refractivity contribution in [1.29, 1.82) is 0 Å². The van der Waals surface area contributed by atoms with Crippen molar-refractivity contribution < 1.29 is 5.11 Å². The van der Waals surface area contributed by atoms with E-state index in [9.17, 15) is 0 Å². The molecule has 0 aliphatic heterocycles. The highest BCUT2D eigenvalue weighted by atomic mass is 79.9. The van der Waals surface area contributed by atoms with E-state index < -0.39 is 0 Å². The first-order valence-electron chi connectivity index (χ1n) is 6.14. The zero-order valence-electron chi connectivity index (χ0n) is 10.5. The summed E-state index contributed by atoms with van der Waals surface area (Å²) < 4.78 is 1.03. The summed E-state index contributed by atoms with van der Waals surface area (Å²) in [6, 6.07) is 1.98. The molecule has 0 spiro atoms. The number of anilines is 1. The second-order valence-corrected chi connectivity index (χ2v) is 5.13. The van der Waals surface area contributed by atoms with Crippen LogP contribution >= 0.6 is 15.9 Å². The van der Waals surface area contributed by atoms with Gasteiger partial charge in [0.15, 0.2) is 0 Å². The summed E-state index contributed by atoms with van der Waals surface area (Å²) in [4.78, 5) is 4.31. The van der Waals surface area contributed by atoms with Crippen LogP contribution in [0.2, 0.25) is 0 Å². The molecular weight excluding hydrogens is 280 g/mol. The van der Waals surface area contributed by atoms with Crippen LogP contribution in [0.5, 0.6) is 0 Å². The third-order valence-electron chi connectivity index (χ3n) is 2.87. The third-order valence-corrected chi connectivity index (χ3v) is 3.88. The molecule has 0 aliphatic carbocycles. The molecule has 1 heterocycles. The van der Waals surface area contributed by atoms with Gasteiger partial charge in [-0.25, -0.2) is 4.98 Å². The molecule has 17 heavy (non-hydrogen) atoms. The number of aliphatic hydroxyl groups excluding tert-OH is 1. The highest BCUT2D eigenvalue weighted by Crippen LogP contribution is 2.24. The van der Waals surface area contributed by atoms with E-state index in [2.05, 4.69) is 33.2 Å². The van der Waals surface area contributed by atoms with E-state index in [4.69, 9.17) is 5.11 Å². The molecule has 1 unspecified atom stereocenters. The highest BCUT2D eigenvalue weighted by Gasteiger charge is 2.09. The Kier molecular flexibility index (Phi) is 6.52. The van der Waals surface area contributed by atoms with Crippen molar-refractivity contribution in [2.24, 2.45) is 5.92 Å². The molecule has 0 amide bonds. The molecule has 1 aromatic heterocycles. The van der Waals surface area contributed by atoms with Crippen molar-refractivity contribution in [2.45, 2.75) is 33.1 Å². The third kappa shape index (κ3) is 4.64. The van der Waals surface area contributed by atoms with Crippen molar-refractivity contribution in [3.63, 3.8) is 0 Å². The van der Waals surface area contributed by atoms with Crippen LogP contribution < -0.4 is 5.32 Å². The maximum Gasteiger partial charge on any atom is 0.140 e. The smallest absolute Gasteiger partial charge is 0.140 e. The van der Waals surface area contributed by atoms with Gasteiger partial charge in [-0.15, -0.1) is 0 Å². The Morgan fingerprint density at radius 2 is 2.24 bits per heavy atom. The van der Waals surface area contributed by atoms with Gasteiger partial charge in [-0.05, 0) is 53.2 Å². The summed E-state index contributed by atoms with van der Waals surface area (Å²) in [7, 11) is 0. The molecule has 0 saturated heterocycles. The zero-order valence-corrected chi connectivity index (χ0v) is 12.1. The van der Waals surface area contributed by atoms with E-state index in [0.717, 1.165) is 36.1 Å². The second kappa shape index (κ2) is 7.67. The Labute approximate surface area is 112 Å². The molecule has 96 valence electrons. The number of halogens is 1. The van der Waals surface area contributed by atoms with E-state index >= 15 is 0 Å². The first kappa shape index (κ1) is 14.5. The first-order valence-corrected chi connectivity index (χ1v) is 6.94. The summed E-state index contributed by atoms with van der Waals surface area (Å²) in [5.74, 6) is 1.41. The number of rotatable bonds is 7. The minimum absolute atomic E-state index is 0.259. The molecule has 0 bridgehead atoms. The largest absolute Gasteiger partial charge is 0.396 e. The molecule has 1 rings (SSSR count). The minimum Gasteiger partial charge on any atom is -0.396 e. The van der Waals surface area contributed by atoms with Crippen molar-refractivity contribution in [3.05, 3.63) is 22.3 Å². The van der Waals surface area contributed by atoms with Crippen LogP contribution in [0.4, 0.5) is 5.82 Å². The van der Waals surface area contributed by atoms with Crippen LogP contribution in [-0.2, 0) is 0 Å². The van der Waals surface area contributed by atoms with Gasteiger partial charge in [-0.1, -0.05) is 13.3 Å². The first-order chi connectivity index (χ1) is 8.19. The number of aliphatic hydroxyl groups is 1. The monoisotopic (exact) mass is 300 g/mol. The summed E-state index contributed by atoms with van der Waals surface area (Å²) in [5.41, 5.74) is 1.18. The maximum atomic E-state index is 9.01. The number of hydrogen-bond acceptors (Lipinski definition) is 3. The molecule has 0 aliphatic rings. The molecule has 1 aromatic rings. The molecule has 1 atom stereocenters. The van der Waals surface area contributed by atoms with E-state index in [-0.39, 0.29) is 6.61 Å². The van der Waals surface area contributed by atoms with E-state index in [1.165, 1.54) is 5.56 Å². The van der Waals surface area contributed by atoms with Gasteiger partial charge in [0.05, 0.1) is 4.47 Å². The number of nitrogens with one attached hydrogen (secondary N) is 1. The predicted molar refractivity (Wildman–Crippen MR) is 75.3 cm³/mol. The Morgan fingerprint density at radius 1 is 1.47 bits per heavy atom. The average molecular weight is 301 g/mol.